The minimum absolute atomic E-state index is 0.576. The van der Waals surface area contributed by atoms with Gasteiger partial charge in [0, 0.05) is 17.1 Å². The summed E-state index contributed by atoms with van der Waals surface area (Å²) in [6.07, 6.45) is 0. The normalized spacial score (nSPS) is 10.7. The SMILES string of the molecule is Cn1c(-c2ccc(Br)c(Cl)c2)nc2c(C#N)cccc21. The fourth-order valence-electron chi connectivity index (χ4n) is 2.20. The summed E-state index contributed by atoms with van der Waals surface area (Å²) in [5, 5.41) is 9.79. The topological polar surface area (TPSA) is 41.6 Å². The van der Waals surface area contributed by atoms with Gasteiger partial charge in [-0.15, -0.1) is 0 Å². The minimum atomic E-state index is 0.576. The van der Waals surface area contributed by atoms with E-state index < -0.39 is 0 Å². The number of halogens is 2. The number of hydrogen-bond acceptors (Lipinski definition) is 2. The number of rotatable bonds is 1. The Labute approximate surface area is 129 Å². The maximum atomic E-state index is 9.16. The number of para-hydroxylation sites is 1. The van der Waals surface area contributed by atoms with Crippen LogP contribution in [0, 0.1) is 11.3 Å². The van der Waals surface area contributed by atoms with Gasteiger partial charge < -0.3 is 4.57 Å². The van der Waals surface area contributed by atoms with Crippen LogP contribution in [0.5, 0.6) is 0 Å². The van der Waals surface area contributed by atoms with E-state index >= 15 is 0 Å². The molecule has 0 fully saturated rings. The molecule has 0 aliphatic carbocycles. The van der Waals surface area contributed by atoms with E-state index in [1.807, 2.05) is 41.9 Å². The van der Waals surface area contributed by atoms with Crippen LogP contribution in [0.3, 0.4) is 0 Å². The standard InChI is InChI=1S/C15H9BrClN3/c1-20-13-4-2-3-10(8-18)14(13)19-15(20)9-5-6-11(16)12(17)7-9/h2-7H,1H3. The predicted octanol–water partition coefficient (Wildman–Crippen LogP) is 4.53. The number of imidazole rings is 1. The van der Waals surface area contributed by atoms with E-state index in [0.29, 0.717) is 16.1 Å². The van der Waals surface area contributed by atoms with Crippen molar-refractivity contribution in [3.63, 3.8) is 0 Å². The molecule has 0 N–H and O–H groups in total. The van der Waals surface area contributed by atoms with Crippen LogP contribution in [0.2, 0.25) is 5.02 Å². The Kier molecular flexibility index (Phi) is 3.25. The number of aromatic nitrogens is 2. The summed E-state index contributed by atoms with van der Waals surface area (Å²) >= 11 is 9.51. The van der Waals surface area contributed by atoms with Crippen molar-refractivity contribution in [2.24, 2.45) is 7.05 Å². The highest BCUT2D eigenvalue weighted by molar-refractivity contribution is 9.10. The van der Waals surface area contributed by atoms with Crippen LogP contribution < -0.4 is 0 Å². The number of benzene rings is 2. The van der Waals surface area contributed by atoms with Crippen molar-refractivity contribution in [3.05, 3.63) is 51.5 Å². The zero-order valence-corrected chi connectivity index (χ0v) is 12.9. The van der Waals surface area contributed by atoms with Gasteiger partial charge in [-0.3, -0.25) is 0 Å². The van der Waals surface area contributed by atoms with Crippen molar-refractivity contribution in [1.29, 1.82) is 5.26 Å². The molecule has 2 aromatic carbocycles. The summed E-state index contributed by atoms with van der Waals surface area (Å²) in [5.41, 5.74) is 3.14. The highest BCUT2D eigenvalue weighted by Crippen LogP contribution is 2.30. The molecule has 0 saturated heterocycles. The summed E-state index contributed by atoms with van der Waals surface area (Å²) < 4.78 is 2.81. The second-order valence-corrected chi connectivity index (χ2v) is 5.67. The monoisotopic (exact) mass is 345 g/mol. The van der Waals surface area contributed by atoms with E-state index in [1.165, 1.54) is 0 Å². The smallest absolute Gasteiger partial charge is 0.140 e. The van der Waals surface area contributed by atoms with E-state index in [1.54, 1.807) is 6.07 Å². The molecule has 0 radical (unpaired) electrons. The largest absolute Gasteiger partial charge is 0.327 e. The average molecular weight is 347 g/mol. The van der Waals surface area contributed by atoms with E-state index in [4.69, 9.17) is 16.9 Å². The lowest BCUT2D eigenvalue weighted by Crippen LogP contribution is -1.92. The summed E-state index contributed by atoms with van der Waals surface area (Å²) in [6.45, 7) is 0. The van der Waals surface area contributed by atoms with E-state index in [2.05, 4.69) is 27.0 Å². The lowest BCUT2D eigenvalue weighted by Gasteiger charge is -2.04. The maximum absolute atomic E-state index is 9.16. The first kappa shape index (κ1) is 13.2. The van der Waals surface area contributed by atoms with E-state index in [9.17, 15) is 0 Å². The molecule has 0 aliphatic heterocycles. The lowest BCUT2D eigenvalue weighted by atomic mass is 10.2. The minimum Gasteiger partial charge on any atom is -0.327 e. The number of hydrogen-bond donors (Lipinski definition) is 0. The van der Waals surface area contributed by atoms with Gasteiger partial charge in [0.2, 0.25) is 0 Å². The molecule has 0 saturated carbocycles. The maximum Gasteiger partial charge on any atom is 0.140 e. The third-order valence-electron chi connectivity index (χ3n) is 3.21. The molecule has 0 bridgehead atoms. The number of aryl methyl sites for hydroxylation is 1. The van der Waals surface area contributed by atoms with Crippen LogP contribution in [-0.4, -0.2) is 9.55 Å². The fourth-order valence-corrected chi connectivity index (χ4v) is 2.63. The average Bonchev–Trinajstić information content (AvgIpc) is 2.79. The van der Waals surface area contributed by atoms with Gasteiger partial charge in [0.25, 0.3) is 0 Å². The molecule has 0 unspecified atom stereocenters. The van der Waals surface area contributed by atoms with Crippen LogP contribution in [0.25, 0.3) is 22.4 Å². The molecule has 98 valence electrons. The molecule has 3 aromatic rings. The molecule has 3 nitrogen and oxygen atoms in total. The van der Waals surface area contributed by atoms with Gasteiger partial charge in [-0.05, 0) is 40.2 Å². The zero-order valence-electron chi connectivity index (χ0n) is 10.6. The molecule has 3 rings (SSSR count). The lowest BCUT2D eigenvalue weighted by molar-refractivity contribution is 0.959. The van der Waals surface area contributed by atoms with Crippen LogP contribution in [0.1, 0.15) is 5.56 Å². The van der Waals surface area contributed by atoms with Gasteiger partial charge in [-0.25, -0.2) is 4.98 Å². The second kappa shape index (κ2) is 4.93. The van der Waals surface area contributed by atoms with Gasteiger partial charge in [0.1, 0.15) is 17.4 Å². The van der Waals surface area contributed by atoms with E-state index in [-0.39, 0.29) is 0 Å². The number of nitrogens with zero attached hydrogens (tertiary/aromatic N) is 3. The third kappa shape index (κ3) is 2.00. The van der Waals surface area contributed by atoms with Gasteiger partial charge in [0.05, 0.1) is 16.1 Å². The molecular formula is C15H9BrClN3. The molecular weight excluding hydrogens is 338 g/mol. The molecule has 0 amide bonds. The highest BCUT2D eigenvalue weighted by Gasteiger charge is 2.13. The van der Waals surface area contributed by atoms with Crippen LogP contribution in [0.4, 0.5) is 0 Å². The zero-order chi connectivity index (χ0) is 14.3. The Bertz CT molecular complexity index is 861. The number of nitriles is 1. The van der Waals surface area contributed by atoms with Crippen molar-refractivity contribution in [3.8, 4) is 17.5 Å². The number of fused-ring (bicyclic) bond motifs is 1. The Hall–Kier alpha value is -1.83. The summed E-state index contributed by atoms with van der Waals surface area (Å²) in [6, 6.07) is 13.5. The van der Waals surface area contributed by atoms with Crippen LogP contribution >= 0.6 is 27.5 Å². The molecule has 5 heteroatoms. The van der Waals surface area contributed by atoms with Crippen molar-refractivity contribution in [1.82, 2.24) is 9.55 Å². The van der Waals surface area contributed by atoms with E-state index in [0.717, 1.165) is 21.4 Å². The molecule has 20 heavy (non-hydrogen) atoms. The Morgan fingerprint density at radius 1 is 1.30 bits per heavy atom. The molecule has 1 heterocycles. The molecule has 0 spiro atoms. The Balaban J connectivity index is 2.29. The van der Waals surface area contributed by atoms with Crippen molar-refractivity contribution >= 4 is 38.6 Å². The van der Waals surface area contributed by atoms with Gasteiger partial charge in [0.15, 0.2) is 0 Å². The van der Waals surface area contributed by atoms with Crippen LogP contribution in [-0.2, 0) is 7.05 Å². The Morgan fingerprint density at radius 3 is 2.80 bits per heavy atom. The van der Waals surface area contributed by atoms with Gasteiger partial charge in [-0.1, -0.05) is 23.7 Å². The first-order valence-electron chi connectivity index (χ1n) is 5.93. The highest BCUT2D eigenvalue weighted by atomic mass is 79.9. The molecule has 1 aromatic heterocycles. The fraction of sp³-hybridized carbons (Fsp3) is 0.0667. The first-order chi connectivity index (χ1) is 9.61. The second-order valence-electron chi connectivity index (χ2n) is 4.41. The quantitative estimate of drug-likeness (QED) is 0.649. The molecule has 0 aliphatic rings. The van der Waals surface area contributed by atoms with Gasteiger partial charge in [-0.2, -0.15) is 5.26 Å². The van der Waals surface area contributed by atoms with Crippen molar-refractivity contribution in [2.45, 2.75) is 0 Å². The summed E-state index contributed by atoms with van der Waals surface area (Å²) in [5.74, 6) is 0.789. The predicted molar refractivity (Wildman–Crippen MR) is 83.6 cm³/mol. The first-order valence-corrected chi connectivity index (χ1v) is 7.10. The summed E-state index contributed by atoms with van der Waals surface area (Å²) in [7, 11) is 1.93. The third-order valence-corrected chi connectivity index (χ3v) is 4.44. The van der Waals surface area contributed by atoms with Gasteiger partial charge >= 0.3 is 0 Å². The van der Waals surface area contributed by atoms with Crippen molar-refractivity contribution < 1.29 is 0 Å². The Morgan fingerprint density at radius 2 is 2.10 bits per heavy atom. The van der Waals surface area contributed by atoms with Crippen LogP contribution in [0.15, 0.2) is 40.9 Å². The van der Waals surface area contributed by atoms with Crippen molar-refractivity contribution in [2.75, 3.05) is 0 Å². The molecule has 0 atom stereocenters. The summed E-state index contributed by atoms with van der Waals surface area (Å²) in [4.78, 5) is 4.59.